The van der Waals surface area contributed by atoms with Gasteiger partial charge in [0.25, 0.3) is 17.7 Å². The van der Waals surface area contributed by atoms with Crippen molar-refractivity contribution < 1.29 is 23.9 Å². The standard InChI is InChI=1S/C39H36N4O5/c1-3-4-5-6-7-11-20-43-37(45)27-17-15-25-33-31(27)28(38(43)46)21-41-35(33)24-14-16-26(36(44)40-19-18-23-12-9-8-10-13-23)30-29(39(47)48-2)22-42-34(25)32(24)30/h8-10,12-17,21-22H,3-7,11,18-20H2,1-2H3,(H,40,44). The number of fused-ring (bicyclic) bond motifs is 2. The van der Waals surface area contributed by atoms with Crippen molar-refractivity contribution in [3.05, 3.63) is 94.8 Å². The first kappa shape index (κ1) is 31.2. The van der Waals surface area contributed by atoms with E-state index in [4.69, 9.17) is 14.7 Å². The van der Waals surface area contributed by atoms with Gasteiger partial charge in [0.1, 0.15) is 0 Å². The highest BCUT2D eigenvalue weighted by Crippen LogP contribution is 2.43. The molecule has 0 saturated carbocycles. The number of pyridine rings is 2. The Morgan fingerprint density at radius 1 is 0.729 bits per heavy atom. The summed E-state index contributed by atoms with van der Waals surface area (Å²) in [5.74, 6) is -1.59. The second kappa shape index (κ2) is 13.0. The van der Waals surface area contributed by atoms with Crippen LogP contribution in [0.5, 0.6) is 0 Å². The van der Waals surface area contributed by atoms with Crippen molar-refractivity contribution in [3.8, 4) is 0 Å². The molecule has 0 unspecified atom stereocenters. The number of nitrogens with one attached hydrogen (secondary N) is 1. The Kier molecular flexibility index (Phi) is 8.43. The summed E-state index contributed by atoms with van der Waals surface area (Å²) in [5, 5.41) is 6.57. The first-order valence-electron chi connectivity index (χ1n) is 16.6. The Bertz CT molecular complexity index is 2160. The average Bonchev–Trinajstić information content (AvgIpc) is 3.12. The van der Waals surface area contributed by atoms with Gasteiger partial charge in [-0.15, -0.1) is 0 Å². The zero-order valence-corrected chi connectivity index (χ0v) is 27.1. The molecule has 3 amide bonds. The van der Waals surface area contributed by atoms with E-state index in [1.807, 2.05) is 36.4 Å². The van der Waals surface area contributed by atoms with E-state index in [1.165, 1.54) is 24.6 Å². The van der Waals surface area contributed by atoms with Crippen LogP contribution in [-0.2, 0) is 11.2 Å². The summed E-state index contributed by atoms with van der Waals surface area (Å²) in [6.07, 6.45) is 9.93. The highest BCUT2D eigenvalue weighted by atomic mass is 16.5. The van der Waals surface area contributed by atoms with Crippen LogP contribution >= 0.6 is 0 Å². The number of carbonyl (C=O) groups is 4. The number of benzene rings is 4. The van der Waals surface area contributed by atoms with Crippen molar-refractivity contribution in [1.82, 2.24) is 20.2 Å². The van der Waals surface area contributed by atoms with Gasteiger partial charge in [0.2, 0.25) is 0 Å². The van der Waals surface area contributed by atoms with Gasteiger partial charge < -0.3 is 10.1 Å². The van der Waals surface area contributed by atoms with Crippen LogP contribution in [0.3, 0.4) is 0 Å². The lowest BCUT2D eigenvalue weighted by Gasteiger charge is -2.28. The molecule has 1 aliphatic rings. The van der Waals surface area contributed by atoms with Crippen LogP contribution in [0, 0.1) is 0 Å². The minimum atomic E-state index is -0.616. The van der Waals surface area contributed by atoms with Crippen LogP contribution in [0.15, 0.2) is 67.0 Å². The molecule has 0 spiro atoms. The molecule has 1 aliphatic heterocycles. The van der Waals surface area contributed by atoms with Gasteiger partial charge in [0.15, 0.2) is 0 Å². The molecule has 0 fully saturated rings. The lowest BCUT2D eigenvalue weighted by atomic mass is 9.87. The Morgan fingerprint density at radius 2 is 1.40 bits per heavy atom. The molecule has 4 aromatic carbocycles. The molecular weight excluding hydrogens is 604 g/mol. The van der Waals surface area contributed by atoms with E-state index in [9.17, 15) is 19.2 Å². The molecule has 3 heterocycles. The predicted octanol–water partition coefficient (Wildman–Crippen LogP) is 7.24. The van der Waals surface area contributed by atoms with E-state index in [0.717, 1.165) is 37.7 Å². The van der Waals surface area contributed by atoms with Crippen molar-refractivity contribution >= 4 is 67.0 Å². The third kappa shape index (κ3) is 5.19. The van der Waals surface area contributed by atoms with Crippen molar-refractivity contribution in [2.45, 2.75) is 51.9 Å². The molecule has 2 aromatic heterocycles. The van der Waals surface area contributed by atoms with E-state index in [0.29, 0.717) is 79.6 Å². The normalized spacial score (nSPS) is 12.9. The zero-order chi connectivity index (χ0) is 33.4. The largest absolute Gasteiger partial charge is 0.465 e. The van der Waals surface area contributed by atoms with Gasteiger partial charge >= 0.3 is 5.97 Å². The van der Waals surface area contributed by atoms with Gasteiger partial charge in [-0.05, 0) is 30.5 Å². The molecule has 9 nitrogen and oxygen atoms in total. The third-order valence-electron chi connectivity index (χ3n) is 9.46. The Hall–Kier alpha value is -5.44. The summed E-state index contributed by atoms with van der Waals surface area (Å²) in [5.41, 5.74) is 3.52. The molecule has 242 valence electrons. The number of carbonyl (C=O) groups excluding carboxylic acids is 4. The van der Waals surface area contributed by atoms with Crippen LogP contribution in [0.4, 0.5) is 0 Å². The molecular formula is C39H36N4O5. The smallest absolute Gasteiger partial charge is 0.340 e. The van der Waals surface area contributed by atoms with Gasteiger partial charge in [-0.25, -0.2) is 4.79 Å². The van der Waals surface area contributed by atoms with Crippen LogP contribution in [0.1, 0.15) is 92.4 Å². The second-order valence-corrected chi connectivity index (χ2v) is 12.4. The average molecular weight is 641 g/mol. The maximum absolute atomic E-state index is 13.8. The van der Waals surface area contributed by atoms with E-state index in [-0.39, 0.29) is 23.3 Å². The lowest BCUT2D eigenvalue weighted by molar-refractivity contribution is 0.0593. The van der Waals surface area contributed by atoms with E-state index in [1.54, 1.807) is 24.4 Å². The maximum atomic E-state index is 13.8. The Morgan fingerprint density at radius 3 is 2.15 bits per heavy atom. The van der Waals surface area contributed by atoms with Gasteiger partial charge in [-0.3, -0.25) is 29.3 Å². The number of hydrogen-bond acceptors (Lipinski definition) is 7. The highest BCUT2D eigenvalue weighted by molar-refractivity contribution is 6.38. The predicted molar refractivity (Wildman–Crippen MR) is 186 cm³/mol. The second-order valence-electron chi connectivity index (χ2n) is 12.4. The Labute approximate surface area is 277 Å². The summed E-state index contributed by atoms with van der Waals surface area (Å²) in [6, 6.07) is 16.9. The minimum absolute atomic E-state index is 0.163. The fraction of sp³-hybridized carbons (Fsp3) is 0.282. The van der Waals surface area contributed by atoms with Crippen LogP contribution in [-0.4, -0.2) is 58.8 Å². The lowest BCUT2D eigenvalue weighted by Crippen LogP contribution is -2.41. The first-order chi connectivity index (χ1) is 23.4. The Balaban J connectivity index is 1.33. The van der Waals surface area contributed by atoms with Crippen molar-refractivity contribution in [2.24, 2.45) is 0 Å². The monoisotopic (exact) mass is 640 g/mol. The number of amides is 3. The van der Waals surface area contributed by atoms with Crippen LogP contribution in [0.2, 0.25) is 0 Å². The van der Waals surface area contributed by atoms with E-state index >= 15 is 0 Å². The molecule has 7 rings (SSSR count). The number of methoxy groups -OCH3 is 1. The van der Waals surface area contributed by atoms with Crippen LogP contribution in [0.25, 0.3) is 43.4 Å². The van der Waals surface area contributed by atoms with Gasteiger partial charge in [0.05, 0.1) is 29.3 Å². The highest BCUT2D eigenvalue weighted by Gasteiger charge is 2.35. The molecule has 0 radical (unpaired) electrons. The van der Waals surface area contributed by atoms with Gasteiger partial charge in [0, 0.05) is 68.9 Å². The number of imide groups is 1. The summed E-state index contributed by atoms with van der Waals surface area (Å²) < 4.78 is 5.11. The number of hydrogen-bond donors (Lipinski definition) is 1. The topological polar surface area (TPSA) is 119 Å². The molecule has 0 saturated heterocycles. The summed E-state index contributed by atoms with van der Waals surface area (Å²) in [7, 11) is 1.29. The minimum Gasteiger partial charge on any atom is -0.465 e. The number of ether oxygens (including phenoxy) is 1. The molecule has 6 aromatic rings. The fourth-order valence-corrected chi connectivity index (χ4v) is 7.07. The van der Waals surface area contributed by atoms with Crippen LogP contribution < -0.4 is 5.32 Å². The fourth-order valence-electron chi connectivity index (χ4n) is 7.07. The van der Waals surface area contributed by atoms with Crippen molar-refractivity contribution in [2.75, 3.05) is 20.2 Å². The SMILES string of the molecule is CCCCCCCCN1C(=O)c2ccc3c4ncc(C(=O)OC)c5c(C(=O)NCCc6ccccc6)ccc(c6ncc(c2c36)C1=O)c54. The molecule has 48 heavy (non-hydrogen) atoms. The number of nitrogens with zero attached hydrogens (tertiary/aromatic N) is 3. The molecule has 1 N–H and O–H groups in total. The molecule has 0 aliphatic carbocycles. The first-order valence-corrected chi connectivity index (χ1v) is 16.6. The molecule has 0 bridgehead atoms. The summed E-state index contributed by atoms with van der Waals surface area (Å²) >= 11 is 0. The number of esters is 1. The summed E-state index contributed by atoms with van der Waals surface area (Å²) in [4.78, 5) is 65.1. The summed E-state index contributed by atoms with van der Waals surface area (Å²) in [6.45, 7) is 2.95. The van der Waals surface area contributed by atoms with Gasteiger partial charge in [-0.2, -0.15) is 0 Å². The van der Waals surface area contributed by atoms with E-state index < -0.39 is 5.97 Å². The quantitative estimate of drug-likeness (QED) is 0.0492. The van der Waals surface area contributed by atoms with Gasteiger partial charge in [-0.1, -0.05) is 81.5 Å². The van der Waals surface area contributed by atoms with Crippen molar-refractivity contribution in [3.63, 3.8) is 0 Å². The van der Waals surface area contributed by atoms with Crippen molar-refractivity contribution in [1.29, 1.82) is 0 Å². The molecule has 9 heteroatoms. The maximum Gasteiger partial charge on any atom is 0.340 e. The number of unbranched alkanes of at least 4 members (excludes halogenated alkanes) is 5. The molecule has 0 atom stereocenters. The third-order valence-corrected chi connectivity index (χ3v) is 9.46. The number of aromatic nitrogens is 2. The number of rotatable bonds is 12. The van der Waals surface area contributed by atoms with E-state index in [2.05, 4.69) is 12.2 Å². The zero-order valence-electron chi connectivity index (χ0n) is 27.1.